The molecule has 254 valence electrons. The molecule has 2 atom stereocenters. The predicted octanol–water partition coefficient (Wildman–Crippen LogP) is 9.27. The molecule has 3 heterocycles. The Morgan fingerprint density at radius 2 is 1.66 bits per heavy atom. The second-order valence-corrected chi connectivity index (χ2v) is 15.8. The third-order valence-electron chi connectivity index (χ3n) is 9.43. The molecule has 0 aliphatic carbocycles. The fourth-order valence-corrected chi connectivity index (χ4v) is 6.95. The Labute approximate surface area is 281 Å². The smallest absolute Gasteiger partial charge is 0.340 e. The van der Waals surface area contributed by atoms with Gasteiger partial charge in [-0.25, -0.2) is 9.18 Å². The molecule has 3 aromatic rings. The molecule has 6 nitrogen and oxygen atoms in total. The molecule has 1 saturated heterocycles. The number of hydrogen-bond donors (Lipinski definition) is 0. The van der Waals surface area contributed by atoms with Crippen LogP contribution < -0.4 is 9.64 Å². The average molecular weight is 645 g/mol. The van der Waals surface area contributed by atoms with E-state index in [2.05, 4.69) is 50.8 Å². The molecular formula is C40H53FN2O4. The van der Waals surface area contributed by atoms with Crippen LogP contribution in [0.3, 0.4) is 0 Å². The molecule has 0 saturated carbocycles. The van der Waals surface area contributed by atoms with Gasteiger partial charge in [0.1, 0.15) is 17.2 Å². The zero-order valence-corrected chi connectivity index (χ0v) is 30.1. The summed E-state index contributed by atoms with van der Waals surface area (Å²) in [5.41, 5.74) is 7.02. The van der Waals surface area contributed by atoms with E-state index in [0.717, 1.165) is 89.4 Å². The van der Waals surface area contributed by atoms with Crippen molar-refractivity contribution >= 4 is 11.7 Å². The lowest BCUT2D eigenvalue weighted by Crippen LogP contribution is -2.39. The zero-order valence-electron chi connectivity index (χ0n) is 30.1. The lowest BCUT2D eigenvalue weighted by molar-refractivity contribution is -0.171. The van der Waals surface area contributed by atoms with Crippen molar-refractivity contribution in [1.29, 1.82) is 0 Å². The number of halogens is 1. The summed E-state index contributed by atoms with van der Waals surface area (Å²) in [5.74, 6) is 0.247. The van der Waals surface area contributed by atoms with E-state index in [-0.39, 0.29) is 22.9 Å². The highest BCUT2D eigenvalue weighted by molar-refractivity contribution is 5.89. The molecule has 47 heavy (non-hydrogen) atoms. The number of aryl methyl sites for hydroxylation is 3. The minimum Gasteiger partial charge on any atom is -0.487 e. The second-order valence-electron chi connectivity index (χ2n) is 15.8. The molecule has 1 aromatic heterocycles. The molecule has 1 fully saturated rings. The number of benzene rings is 2. The Morgan fingerprint density at radius 3 is 2.28 bits per heavy atom. The van der Waals surface area contributed by atoms with Crippen LogP contribution >= 0.6 is 0 Å². The van der Waals surface area contributed by atoms with Gasteiger partial charge >= 0.3 is 5.97 Å². The van der Waals surface area contributed by atoms with E-state index in [0.29, 0.717) is 6.42 Å². The Morgan fingerprint density at radius 1 is 1.00 bits per heavy atom. The van der Waals surface area contributed by atoms with Gasteiger partial charge in [0.15, 0.2) is 6.10 Å². The SMILES string of the molecule is Cc1nc(C)c(C(OC(C)(C)C)C(=O)OC(C)C)c(N2CCC(C)(C)CC2)c1-c1ccc2c(c1)CCC(C)(Cc1ccc(F)cc1)O2. The lowest BCUT2D eigenvalue weighted by Gasteiger charge is -2.41. The minimum atomic E-state index is -0.928. The highest BCUT2D eigenvalue weighted by Gasteiger charge is 2.38. The van der Waals surface area contributed by atoms with Gasteiger partial charge in [0.25, 0.3) is 0 Å². The summed E-state index contributed by atoms with van der Waals surface area (Å²) < 4.78 is 32.6. The van der Waals surface area contributed by atoms with Crippen LogP contribution in [0.25, 0.3) is 11.1 Å². The van der Waals surface area contributed by atoms with E-state index in [9.17, 15) is 9.18 Å². The van der Waals surface area contributed by atoms with Crippen LogP contribution in [0.4, 0.5) is 10.1 Å². The summed E-state index contributed by atoms with van der Waals surface area (Å²) in [4.78, 5) is 21.3. The standard InChI is InChI=1S/C40H53FN2O4/c1-25(2)45-37(44)36(47-38(5,6)7)34-27(4)42-26(3)33(35(34)43-21-19-39(8,9)20-22-43)30-13-16-32-29(23-30)17-18-40(10,46-32)24-28-11-14-31(41)15-12-28/h11-16,23,25,36H,17-22,24H2,1-10H3. The van der Waals surface area contributed by atoms with Crippen LogP contribution in [0.5, 0.6) is 5.75 Å². The Hall–Kier alpha value is -3.45. The second kappa shape index (κ2) is 13.2. The molecule has 0 amide bonds. The topological polar surface area (TPSA) is 60.9 Å². The Balaban J connectivity index is 1.61. The molecule has 5 rings (SSSR count). The molecule has 2 aromatic carbocycles. The van der Waals surface area contributed by atoms with Gasteiger partial charge in [-0.1, -0.05) is 32.0 Å². The maximum Gasteiger partial charge on any atom is 0.340 e. The number of rotatable bonds is 8. The van der Waals surface area contributed by atoms with E-state index < -0.39 is 17.7 Å². The molecule has 2 aliphatic heterocycles. The summed E-state index contributed by atoms with van der Waals surface area (Å²) in [5, 5.41) is 0. The number of fused-ring (bicyclic) bond motifs is 1. The number of piperidine rings is 1. The quantitative estimate of drug-likeness (QED) is 0.228. The third-order valence-corrected chi connectivity index (χ3v) is 9.43. The highest BCUT2D eigenvalue weighted by Crippen LogP contribution is 2.46. The van der Waals surface area contributed by atoms with Crippen molar-refractivity contribution in [3.05, 3.63) is 76.4 Å². The third kappa shape index (κ3) is 8.17. The van der Waals surface area contributed by atoms with Crippen LogP contribution in [0.2, 0.25) is 0 Å². The van der Waals surface area contributed by atoms with E-state index in [1.165, 1.54) is 12.1 Å². The maximum absolute atomic E-state index is 13.8. The lowest BCUT2D eigenvalue weighted by atomic mass is 9.81. The number of nitrogens with zero attached hydrogens (tertiary/aromatic N) is 2. The van der Waals surface area contributed by atoms with Gasteiger partial charge in [-0.05, 0) is 127 Å². The van der Waals surface area contributed by atoms with Gasteiger partial charge in [-0.3, -0.25) is 4.98 Å². The van der Waals surface area contributed by atoms with Gasteiger partial charge in [0.2, 0.25) is 0 Å². The van der Waals surface area contributed by atoms with Crippen LogP contribution in [0.15, 0.2) is 42.5 Å². The predicted molar refractivity (Wildman–Crippen MR) is 187 cm³/mol. The van der Waals surface area contributed by atoms with Crippen molar-refractivity contribution in [2.45, 2.75) is 125 Å². The maximum atomic E-state index is 13.8. The van der Waals surface area contributed by atoms with E-state index >= 15 is 0 Å². The minimum absolute atomic E-state index is 0.230. The van der Waals surface area contributed by atoms with Crippen LogP contribution in [-0.4, -0.2) is 41.3 Å². The Kier molecular flexibility index (Phi) is 9.81. The van der Waals surface area contributed by atoms with Gasteiger partial charge in [-0.15, -0.1) is 0 Å². The first-order valence-corrected chi connectivity index (χ1v) is 17.1. The van der Waals surface area contributed by atoms with Gasteiger partial charge in [-0.2, -0.15) is 0 Å². The van der Waals surface area contributed by atoms with Crippen LogP contribution in [0.1, 0.15) is 109 Å². The van der Waals surface area contributed by atoms with Crippen LogP contribution in [0, 0.1) is 25.1 Å². The first kappa shape index (κ1) is 34.9. The fraction of sp³-hybridized carbons (Fsp3) is 0.550. The van der Waals surface area contributed by atoms with Crippen molar-refractivity contribution < 1.29 is 23.4 Å². The molecule has 0 bridgehead atoms. The molecule has 0 spiro atoms. The average Bonchev–Trinajstić information content (AvgIpc) is 2.96. The number of hydrogen-bond acceptors (Lipinski definition) is 6. The number of carbonyl (C=O) groups excluding carboxylic acids is 1. The Bertz CT molecular complexity index is 1600. The van der Waals surface area contributed by atoms with Gasteiger partial charge in [0, 0.05) is 42.0 Å². The molecule has 7 heteroatoms. The first-order chi connectivity index (χ1) is 21.9. The van der Waals surface area contributed by atoms with Crippen molar-refractivity contribution in [2.75, 3.05) is 18.0 Å². The number of aromatic nitrogens is 1. The van der Waals surface area contributed by atoms with Gasteiger partial charge < -0.3 is 19.1 Å². The van der Waals surface area contributed by atoms with Crippen molar-refractivity contribution in [3.8, 4) is 16.9 Å². The normalized spacial score (nSPS) is 20.0. The molecule has 2 aliphatic rings. The van der Waals surface area contributed by atoms with Crippen molar-refractivity contribution in [3.63, 3.8) is 0 Å². The van der Waals surface area contributed by atoms with Crippen LogP contribution in [-0.2, 0) is 27.1 Å². The number of pyridine rings is 1. The molecule has 2 unspecified atom stereocenters. The van der Waals surface area contributed by atoms with E-state index in [4.69, 9.17) is 19.2 Å². The molecule has 0 radical (unpaired) electrons. The largest absolute Gasteiger partial charge is 0.487 e. The summed E-state index contributed by atoms with van der Waals surface area (Å²) in [6, 6.07) is 13.1. The number of esters is 1. The fourth-order valence-electron chi connectivity index (χ4n) is 6.95. The van der Waals surface area contributed by atoms with Gasteiger partial charge in [0.05, 0.1) is 17.4 Å². The number of anilines is 1. The van der Waals surface area contributed by atoms with Crippen molar-refractivity contribution in [1.82, 2.24) is 4.98 Å². The highest BCUT2D eigenvalue weighted by atomic mass is 19.1. The van der Waals surface area contributed by atoms with Crippen molar-refractivity contribution in [2.24, 2.45) is 5.41 Å². The summed E-state index contributed by atoms with van der Waals surface area (Å²) in [7, 11) is 0. The van der Waals surface area contributed by atoms with E-state index in [1.807, 2.05) is 53.7 Å². The summed E-state index contributed by atoms with van der Waals surface area (Å²) in [6.45, 7) is 22.2. The zero-order chi connectivity index (χ0) is 34.3. The number of ether oxygens (including phenoxy) is 3. The van der Waals surface area contributed by atoms with E-state index in [1.54, 1.807) is 0 Å². The first-order valence-electron chi connectivity index (χ1n) is 17.1. The molecule has 0 N–H and O–H groups in total. The monoisotopic (exact) mass is 644 g/mol. The number of carbonyl (C=O) groups is 1. The summed E-state index contributed by atoms with van der Waals surface area (Å²) in [6.07, 6.45) is 3.28. The summed E-state index contributed by atoms with van der Waals surface area (Å²) >= 11 is 0. The molecular weight excluding hydrogens is 591 g/mol.